The Balaban J connectivity index is 1.36. The van der Waals surface area contributed by atoms with Crippen molar-refractivity contribution in [2.45, 2.75) is 36.6 Å². The maximum Gasteiger partial charge on any atom is 0.225 e. The van der Waals surface area contributed by atoms with Gasteiger partial charge in [0.05, 0.1) is 10.2 Å². The topological polar surface area (TPSA) is 49.3 Å². The van der Waals surface area contributed by atoms with Crippen LogP contribution < -0.4 is 4.90 Å². The lowest BCUT2D eigenvalue weighted by atomic mass is 10.0. The molecule has 30 heavy (non-hydrogen) atoms. The molecule has 0 radical (unpaired) electrons. The minimum atomic E-state index is 0.315. The molecule has 1 amide bonds. The predicted octanol–water partition coefficient (Wildman–Crippen LogP) is 4.92. The Hall–Kier alpha value is -2.12. The van der Waals surface area contributed by atoms with Gasteiger partial charge in [-0.2, -0.15) is 0 Å². The van der Waals surface area contributed by atoms with Crippen LogP contribution >= 0.6 is 23.1 Å². The molecule has 156 valence electrons. The lowest BCUT2D eigenvalue weighted by molar-refractivity contribution is -0.133. The van der Waals surface area contributed by atoms with E-state index in [2.05, 4.69) is 62.7 Å². The van der Waals surface area contributed by atoms with Crippen LogP contribution in [-0.4, -0.2) is 53.2 Å². The van der Waals surface area contributed by atoms with Crippen LogP contribution in [0, 0.1) is 5.92 Å². The van der Waals surface area contributed by atoms with Crippen molar-refractivity contribution in [2.75, 3.05) is 31.3 Å². The number of amides is 1. The van der Waals surface area contributed by atoms with Gasteiger partial charge in [0.25, 0.3) is 0 Å². The second-order valence-corrected chi connectivity index (χ2v) is 9.95. The average molecular weight is 439 g/mol. The zero-order valence-electron chi connectivity index (χ0n) is 17.4. The molecule has 1 aromatic carbocycles. The SMILES string of the molecule is CSc1ccc(-c2csc3c(N(C)C4CCN(C(=O)C5CC5)CC4)ncnc23)cc1. The molecule has 0 N–H and O–H groups in total. The first kappa shape index (κ1) is 19.8. The van der Waals surface area contributed by atoms with Gasteiger partial charge in [-0.25, -0.2) is 9.97 Å². The van der Waals surface area contributed by atoms with Gasteiger partial charge in [-0.3, -0.25) is 4.79 Å². The number of carbonyl (C=O) groups is 1. The standard InChI is InChI=1S/C23H26N4OS2/c1-26(17-9-11-27(12-10-17)23(28)16-3-4-16)22-21-20(24-14-25-22)19(13-30-21)15-5-7-18(29-2)8-6-15/h5-8,13-14,16-17H,3-4,9-12H2,1-2H3. The summed E-state index contributed by atoms with van der Waals surface area (Å²) >= 11 is 3.47. The van der Waals surface area contributed by atoms with Crippen LogP contribution in [0.3, 0.4) is 0 Å². The molecule has 7 heteroatoms. The van der Waals surface area contributed by atoms with E-state index in [1.165, 1.54) is 16.0 Å². The molecule has 1 saturated heterocycles. The molecule has 2 aromatic heterocycles. The van der Waals surface area contributed by atoms with Crippen LogP contribution in [0.4, 0.5) is 5.82 Å². The molecule has 1 saturated carbocycles. The molecule has 5 nitrogen and oxygen atoms in total. The molecule has 3 aromatic rings. The van der Waals surface area contributed by atoms with E-state index in [9.17, 15) is 4.79 Å². The largest absolute Gasteiger partial charge is 0.355 e. The Labute approximate surface area is 185 Å². The van der Waals surface area contributed by atoms with E-state index in [1.807, 2.05) is 0 Å². The molecule has 0 atom stereocenters. The number of carbonyl (C=O) groups excluding carboxylic acids is 1. The first-order valence-corrected chi connectivity index (χ1v) is 12.6. The highest BCUT2D eigenvalue weighted by Crippen LogP contribution is 2.38. The van der Waals surface area contributed by atoms with Crippen molar-refractivity contribution in [2.24, 2.45) is 5.92 Å². The van der Waals surface area contributed by atoms with Gasteiger partial charge in [0.2, 0.25) is 5.91 Å². The van der Waals surface area contributed by atoms with E-state index in [-0.39, 0.29) is 0 Å². The Morgan fingerprint density at radius 1 is 1.13 bits per heavy atom. The van der Waals surface area contributed by atoms with E-state index in [0.717, 1.165) is 54.8 Å². The third-order valence-electron chi connectivity index (χ3n) is 6.32. The maximum atomic E-state index is 12.4. The molecule has 1 aliphatic carbocycles. The summed E-state index contributed by atoms with van der Waals surface area (Å²) in [6, 6.07) is 9.07. The molecule has 2 aliphatic rings. The Bertz CT molecular complexity index is 1050. The Morgan fingerprint density at radius 2 is 1.87 bits per heavy atom. The van der Waals surface area contributed by atoms with Crippen LogP contribution in [0.1, 0.15) is 25.7 Å². The molecule has 0 unspecified atom stereocenters. The third kappa shape index (κ3) is 3.69. The summed E-state index contributed by atoms with van der Waals surface area (Å²) in [5.74, 6) is 1.69. The summed E-state index contributed by atoms with van der Waals surface area (Å²) in [7, 11) is 2.14. The molecule has 1 aliphatic heterocycles. The number of anilines is 1. The first-order chi connectivity index (χ1) is 14.7. The molecular weight excluding hydrogens is 412 g/mol. The summed E-state index contributed by atoms with van der Waals surface area (Å²) in [5.41, 5.74) is 3.39. The van der Waals surface area contributed by atoms with Gasteiger partial charge < -0.3 is 9.80 Å². The van der Waals surface area contributed by atoms with Gasteiger partial charge in [-0.15, -0.1) is 23.1 Å². The highest BCUT2D eigenvalue weighted by atomic mass is 32.2. The van der Waals surface area contributed by atoms with Crippen LogP contribution in [0.15, 0.2) is 40.9 Å². The fraction of sp³-hybridized carbons (Fsp3) is 0.435. The second-order valence-electron chi connectivity index (χ2n) is 8.19. The minimum absolute atomic E-state index is 0.315. The minimum Gasteiger partial charge on any atom is -0.355 e. The smallest absolute Gasteiger partial charge is 0.225 e. The summed E-state index contributed by atoms with van der Waals surface area (Å²) in [6.45, 7) is 1.71. The molecular formula is C23H26N4OS2. The third-order valence-corrected chi connectivity index (χ3v) is 8.03. The van der Waals surface area contributed by atoms with Gasteiger partial charge in [-0.1, -0.05) is 12.1 Å². The van der Waals surface area contributed by atoms with Crippen molar-refractivity contribution in [3.05, 3.63) is 36.0 Å². The van der Waals surface area contributed by atoms with E-state index in [4.69, 9.17) is 0 Å². The van der Waals surface area contributed by atoms with Crippen LogP contribution in [0.5, 0.6) is 0 Å². The normalized spacial score (nSPS) is 17.5. The Morgan fingerprint density at radius 3 is 2.53 bits per heavy atom. The maximum absolute atomic E-state index is 12.4. The number of likely N-dealkylation sites (tertiary alicyclic amines) is 1. The van der Waals surface area contributed by atoms with Gasteiger partial charge >= 0.3 is 0 Å². The Kier molecular flexibility index (Phi) is 5.41. The van der Waals surface area contributed by atoms with Gasteiger partial charge in [0, 0.05) is 47.9 Å². The highest BCUT2D eigenvalue weighted by molar-refractivity contribution is 7.98. The average Bonchev–Trinajstić information content (AvgIpc) is 3.56. The van der Waals surface area contributed by atoms with Crippen LogP contribution in [-0.2, 0) is 4.79 Å². The number of benzene rings is 1. The zero-order valence-corrected chi connectivity index (χ0v) is 19.0. The van der Waals surface area contributed by atoms with Gasteiger partial charge in [-0.05, 0) is 49.6 Å². The zero-order chi connectivity index (χ0) is 20.7. The predicted molar refractivity (Wildman–Crippen MR) is 125 cm³/mol. The monoisotopic (exact) mass is 438 g/mol. The second kappa shape index (κ2) is 8.19. The number of hydrogen-bond acceptors (Lipinski definition) is 6. The van der Waals surface area contributed by atoms with Gasteiger partial charge in [0.1, 0.15) is 12.1 Å². The van der Waals surface area contributed by atoms with Crippen molar-refractivity contribution in [1.29, 1.82) is 0 Å². The number of thiophene rings is 1. The number of nitrogens with zero attached hydrogens (tertiary/aromatic N) is 4. The van der Waals surface area contributed by atoms with E-state index >= 15 is 0 Å². The number of rotatable bonds is 5. The van der Waals surface area contributed by atoms with Gasteiger partial charge in [0.15, 0.2) is 0 Å². The molecule has 3 heterocycles. The van der Waals surface area contributed by atoms with E-state index in [0.29, 0.717) is 17.9 Å². The quantitative estimate of drug-likeness (QED) is 0.529. The molecule has 5 rings (SSSR count). The number of thioether (sulfide) groups is 1. The number of fused-ring (bicyclic) bond motifs is 1. The number of hydrogen-bond donors (Lipinski definition) is 0. The summed E-state index contributed by atoms with van der Waals surface area (Å²) in [4.78, 5) is 27.3. The summed E-state index contributed by atoms with van der Waals surface area (Å²) < 4.78 is 1.14. The van der Waals surface area contributed by atoms with E-state index < -0.39 is 0 Å². The van der Waals surface area contributed by atoms with Crippen molar-refractivity contribution in [3.8, 4) is 11.1 Å². The molecule has 0 bridgehead atoms. The number of aromatic nitrogens is 2. The molecule has 0 spiro atoms. The number of piperidine rings is 1. The van der Waals surface area contributed by atoms with Crippen LogP contribution in [0.25, 0.3) is 21.3 Å². The summed E-state index contributed by atoms with van der Waals surface area (Å²) in [6.07, 6.45) is 7.93. The lowest BCUT2D eigenvalue weighted by Gasteiger charge is -2.37. The van der Waals surface area contributed by atoms with Crippen LogP contribution in [0.2, 0.25) is 0 Å². The fourth-order valence-corrected chi connectivity index (χ4v) is 5.77. The van der Waals surface area contributed by atoms with Crippen molar-refractivity contribution in [3.63, 3.8) is 0 Å². The van der Waals surface area contributed by atoms with E-state index in [1.54, 1.807) is 29.4 Å². The van der Waals surface area contributed by atoms with Crippen molar-refractivity contribution < 1.29 is 4.79 Å². The first-order valence-electron chi connectivity index (χ1n) is 10.5. The van der Waals surface area contributed by atoms with Crippen molar-refractivity contribution >= 4 is 45.0 Å². The molecule has 2 fully saturated rings. The summed E-state index contributed by atoms with van der Waals surface area (Å²) in [5, 5.41) is 2.20. The highest BCUT2D eigenvalue weighted by Gasteiger charge is 2.35. The lowest BCUT2D eigenvalue weighted by Crippen LogP contribution is -2.46. The van der Waals surface area contributed by atoms with Crippen molar-refractivity contribution in [1.82, 2.24) is 14.9 Å². The fourth-order valence-electron chi connectivity index (χ4n) is 4.30.